The van der Waals surface area contributed by atoms with Crippen molar-refractivity contribution >= 4 is 41.1 Å². The van der Waals surface area contributed by atoms with Gasteiger partial charge in [0.1, 0.15) is 0 Å². The van der Waals surface area contributed by atoms with Crippen molar-refractivity contribution < 1.29 is 14.4 Å². The summed E-state index contributed by atoms with van der Waals surface area (Å²) in [4.78, 5) is 35.5. The van der Waals surface area contributed by atoms with Gasteiger partial charge in [0.25, 0.3) is 11.8 Å². The number of rotatable bonds is 5. The van der Waals surface area contributed by atoms with Crippen LogP contribution in [-0.4, -0.2) is 17.7 Å². The summed E-state index contributed by atoms with van der Waals surface area (Å²) in [7, 11) is 0. The first-order valence-corrected chi connectivity index (χ1v) is 8.84. The van der Waals surface area contributed by atoms with Crippen LogP contribution in [0.5, 0.6) is 0 Å². The Morgan fingerprint density at radius 3 is 2.22 bits per heavy atom. The van der Waals surface area contributed by atoms with E-state index in [0.717, 1.165) is 18.4 Å². The van der Waals surface area contributed by atoms with Gasteiger partial charge in [-0.25, -0.2) is 0 Å². The molecular weight excluding hydrogens is 366 g/mol. The molecule has 6 nitrogen and oxygen atoms in total. The second-order valence-electron chi connectivity index (χ2n) is 6.17. The predicted molar refractivity (Wildman–Crippen MR) is 104 cm³/mol. The molecule has 0 aromatic heterocycles. The van der Waals surface area contributed by atoms with Crippen molar-refractivity contribution in [3.63, 3.8) is 0 Å². The van der Waals surface area contributed by atoms with Crippen LogP contribution < -0.4 is 16.2 Å². The summed E-state index contributed by atoms with van der Waals surface area (Å²) in [5.41, 5.74) is 6.46. The summed E-state index contributed by atoms with van der Waals surface area (Å²) in [5, 5.41) is 3.41. The van der Waals surface area contributed by atoms with E-state index in [0.29, 0.717) is 16.3 Å². The van der Waals surface area contributed by atoms with Crippen molar-refractivity contribution in [1.29, 1.82) is 0 Å². The van der Waals surface area contributed by atoms with Gasteiger partial charge in [-0.05, 0) is 60.9 Å². The molecule has 27 heavy (non-hydrogen) atoms. The zero-order valence-electron chi connectivity index (χ0n) is 14.4. The number of carbonyl (C=O) groups is 3. The maximum absolute atomic E-state index is 12.1. The maximum Gasteiger partial charge on any atom is 0.269 e. The minimum absolute atomic E-state index is 0.00643. The van der Waals surface area contributed by atoms with Crippen LogP contribution in [0.25, 0.3) is 6.08 Å². The molecule has 2 aromatic rings. The van der Waals surface area contributed by atoms with Crippen LogP contribution >= 0.6 is 11.6 Å². The van der Waals surface area contributed by atoms with E-state index in [1.165, 1.54) is 6.08 Å². The molecule has 0 atom stereocenters. The minimum atomic E-state index is -0.466. The molecule has 0 radical (unpaired) electrons. The molecule has 7 heteroatoms. The number of hydrogen-bond donors (Lipinski definition) is 3. The van der Waals surface area contributed by atoms with E-state index in [-0.39, 0.29) is 11.8 Å². The van der Waals surface area contributed by atoms with E-state index in [2.05, 4.69) is 16.2 Å². The van der Waals surface area contributed by atoms with Crippen LogP contribution in [0.1, 0.15) is 28.8 Å². The highest BCUT2D eigenvalue weighted by atomic mass is 35.5. The van der Waals surface area contributed by atoms with E-state index in [1.54, 1.807) is 54.6 Å². The van der Waals surface area contributed by atoms with Gasteiger partial charge in [-0.1, -0.05) is 23.7 Å². The van der Waals surface area contributed by atoms with E-state index < -0.39 is 11.8 Å². The largest absolute Gasteiger partial charge is 0.326 e. The molecular formula is C20H18ClN3O3. The summed E-state index contributed by atoms with van der Waals surface area (Å²) in [6.45, 7) is 0. The van der Waals surface area contributed by atoms with Crippen LogP contribution in [0.2, 0.25) is 5.02 Å². The highest BCUT2D eigenvalue weighted by Gasteiger charge is 2.29. The van der Waals surface area contributed by atoms with Crippen molar-refractivity contribution in [2.45, 2.75) is 12.8 Å². The Morgan fingerprint density at radius 2 is 1.59 bits per heavy atom. The molecule has 1 aliphatic carbocycles. The molecule has 0 spiro atoms. The first-order chi connectivity index (χ1) is 13.0. The molecule has 3 amide bonds. The van der Waals surface area contributed by atoms with Gasteiger partial charge >= 0.3 is 0 Å². The quantitative estimate of drug-likeness (QED) is 0.547. The minimum Gasteiger partial charge on any atom is -0.326 e. The normalized spacial score (nSPS) is 13.2. The third-order valence-electron chi connectivity index (χ3n) is 3.96. The fraction of sp³-hybridized carbons (Fsp3) is 0.150. The Kier molecular flexibility index (Phi) is 5.88. The smallest absolute Gasteiger partial charge is 0.269 e. The molecule has 0 aliphatic heterocycles. The average molecular weight is 384 g/mol. The number of amides is 3. The van der Waals surface area contributed by atoms with Crippen molar-refractivity contribution in [3.05, 3.63) is 70.8 Å². The van der Waals surface area contributed by atoms with Crippen LogP contribution in [-0.2, 0) is 9.59 Å². The van der Waals surface area contributed by atoms with Gasteiger partial charge in [0, 0.05) is 28.3 Å². The number of anilines is 1. The average Bonchev–Trinajstić information content (AvgIpc) is 3.51. The molecule has 0 unspecified atom stereocenters. The van der Waals surface area contributed by atoms with Crippen LogP contribution in [0.3, 0.4) is 0 Å². The standard InChI is InChI=1S/C20H18ClN3O3/c21-16-8-1-13(2-9-16)3-12-18(25)23-24-20(27)15-6-10-17(11-7-15)22-19(26)14-4-5-14/h1-3,6-12,14H,4-5H2,(H,22,26)(H,23,25)(H,24,27)/b12-3+. The summed E-state index contributed by atoms with van der Waals surface area (Å²) >= 11 is 5.80. The van der Waals surface area contributed by atoms with E-state index in [9.17, 15) is 14.4 Å². The fourth-order valence-corrected chi connectivity index (χ4v) is 2.40. The number of nitrogens with one attached hydrogen (secondary N) is 3. The van der Waals surface area contributed by atoms with Crippen molar-refractivity contribution in [2.75, 3.05) is 5.32 Å². The molecule has 1 saturated carbocycles. The summed E-state index contributed by atoms with van der Waals surface area (Å²) in [5.74, 6) is -0.800. The second kappa shape index (κ2) is 8.51. The SMILES string of the molecule is O=C(/C=C/c1ccc(Cl)cc1)NNC(=O)c1ccc(NC(=O)C2CC2)cc1. The lowest BCUT2D eigenvalue weighted by Crippen LogP contribution is -2.40. The lowest BCUT2D eigenvalue weighted by molar-refractivity contribution is -0.118. The topological polar surface area (TPSA) is 87.3 Å². The number of halogens is 1. The molecule has 0 saturated heterocycles. The van der Waals surface area contributed by atoms with Gasteiger partial charge in [-0.2, -0.15) is 0 Å². The third-order valence-corrected chi connectivity index (χ3v) is 4.21. The number of carbonyl (C=O) groups excluding carboxylic acids is 3. The predicted octanol–water partition coefficient (Wildman–Crippen LogP) is 3.16. The first-order valence-electron chi connectivity index (χ1n) is 8.46. The van der Waals surface area contributed by atoms with E-state index >= 15 is 0 Å². The Morgan fingerprint density at radius 1 is 0.926 bits per heavy atom. The number of hydrazine groups is 1. The molecule has 1 fully saturated rings. The molecule has 0 bridgehead atoms. The van der Waals surface area contributed by atoms with Gasteiger partial charge in [0.05, 0.1) is 0 Å². The van der Waals surface area contributed by atoms with E-state index in [4.69, 9.17) is 11.6 Å². The molecule has 138 valence electrons. The molecule has 2 aromatic carbocycles. The van der Waals surface area contributed by atoms with Crippen molar-refractivity contribution in [2.24, 2.45) is 5.92 Å². The Hall–Kier alpha value is -3.12. The maximum atomic E-state index is 12.1. The van der Waals surface area contributed by atoms with Gasteiger partial charge in [0.15, 0.2) is 0 Å². The molecule has 3 rings (SSSR count). The molecule has 1 aliphatic rings. The fourth-order valence-electron chi connectivity index (χ4n) is 2.27. The Balaban J connectivity index is 1.47. The lowest BCUT2D eigenvalue weighted by Gasteiger charge is -2.07. The van der Waals surface area contributed by atoms with E-state index in [1.807, 2.05) is 0 Å². The third kappa shape index (κ3) is 5.69. The number of benzene rings is 2. The molecule has 0 heterocycles. The molecule has 3 N–H and O–H groups in total. The van der Waals surface area contributed by atoms with Crippen molar-refractivity contribution in [3.8, 4) is 0 Å². The zero-order valence-corrected chi connectivity index (χ0v) is 15.1. The van der Waals surface area contributed by atoms with Gasteiger partial charge in [-0.15, -0.1) is 0 Å². The number of hydrogen-bond acceptors (Lipinski definition) is 3. The highest BCUT2D eigenvalue weighted by Crippen LogP contribution is 2.30. The first kappa shape index (κ1) is 18.7. The van der Waals surface area contributed by atoms with Crippen molar-refractivity contribution in [1.82, 2.24) is 10.9 Å². The zero-order chi connectivity index (χ0) is 19.2. The summed E-state index contributed by atoms with van der Waals surface area (Å²) in [6, 6.07) is 13.4. The Bertz CT molecular complexity index is 872. The monoisotopic (exact) mass is 383 g/mol. The van der Waals surface area contributed by atoms with Crippen LogP contribution in [0, 0.1) is 5.92 Å². The van der Waals surface area contributed by atoms with Crippen LogP contribution in [0.15, 0.2) is 54.6 Å². The van der Waals surface area contributed by atoms with Crippen LogP contribution in [0.4, 0.5) is 5.69 Å². The summed E-state index contributed by atoms with van der Waals surface area (Å²) in [6.07, 6.45) is 4.77. The Labute approximate surface area is 161 Å². The second-order valence-corrected chi connectivity index (χ2v) is 6.61. The summed E-state index contributed by atoms with van der Waals surface area (Å²) < 4.78 is 0. The van der Waals surface area contributed by atoms with Gasteiger partial charge in [0.2, 0.25) is 5.91 Å². The lowest BCUT2D eigenvalue weighted by atomic mass is 10.2. The highest BCUT2D eigenvalue weighted by molar-refractivity contribution is 6.30. The van der Waals surface area contributed by atoms with Gasteiger partial charge in [-0.3, -0.25) is 25.2 Å². The van der Waals surface area contributed by atoms with Gasteiger partial charge < -0.3 is 5.32 Å².